The van der Waals surface area contributed by atoms with E-state index in [0.717, 1.165) is 9.75 Å². The fourth-order valence-corrected chi connectivity index (χ4v) is 4.24. The highest BCUT2D eigenvalue weighted by molar-refractivity contribution is 7.89. The number of nitrogens with one attached hydrogen (secondary N) is 1. The Morgan fingerprint density at radius 2 is 2.06 bits per heavy atom. The number of hydrogen-bond acceptors (Lipinski definition) is 4. The Morgan fingerprint density at radius 3 is 2.56 bits per heavy atom. The first-order valence-corrected chi connectivity index (χ1v) is 8.33. The minimum Gasteiger partial charge on any atom is -0.310 e. The van der Waals surface area contributed by atoms with E-state index in [4.69, 9.17) is 0 Å². The Morgan fingerprint density at radius 1 is 1.44 bits per heavy atom. The SMILES string of the molecule is CCN(C)S(=O)(=O)c1cc(CNC(C)C)sc1C. The second kappa shape index (κ2) is 6.14. The molecule has 6 heteroatoms. The molecule has 0 atom stereocenters. The second-order valence-corrected chi connectivity index (χ2v) is 7.94. The zero-order chi connectivity index (χ0) is 13.9. The predicted molar refractivity (Wildman–Crippen MR) is 76.5 cm³/mol. The number of sulfonamides is 1. The molecule has 0 spiro atoms. The van der Waals surface area contributed by atoms with Crippen LogP contribution < -0.4 is 5.32 Å². The standard InChI is InChI=1S/C12H22N2O2S2/c1-6-14(5)18(15,16)12-7-11(17-10(12)4)8-13-9(2)3/h7,9,13H,6,8H2,1-5H3. The first kappa shape index (κ1) is 15.6. The molecule has 0 radical (unpaired) electrons. The molecule has 1 N–H and O–H groups in total. The van der Waals surface area contributed by atoms with Crippen LogP contribution in [0.15, 0.2) is 11.0 Å². The summed E-state index contributed by atoms with van der Waals surface area (Å²) in [6.07, 6.45) is 0. The van der Waals surface area contributed by atoms with E-state index in [-0.39, 0.29) is 0 Å². The van der Waals surface area contributed by atoms with Gasteiger partial charge in [0.1, 0.15) is 0 Å². The summed E-state index contributed by atoms with van der Waals surface area (Å²) in [5, 5.41) is 3.30. The number of rotatable bonds is 6. The van der Waals surface area contributed by atoms with Crippen molar-refractivity contribution in [2.75, 3.05) is 13.6 Å². The minimum atomic E-state index is -3.32. The van der Waals surface area contributed by atoms with Gasteiger partial charge in [-0.2, -0.15) is 0 Å². The Labute approximate surface area is 114 Å². The maximum atomic E-state index is 12.2. The first-order valence-electron chi connectivity index (χ1n) is 6.08. The van der Waals surface area contributed by atoms with Crippen LogP contribution in [0.1, 0.15) is 30.5 Å². The lowest BCUT2D eigenvalue weighted by atomic mass is 10.3. The van der Waals surface area contributed by atoms with E-state index in [1.807, 2.05) is 13.8 Å². The molecular formula is C12H22N2O2S2. The molecule has 0 amide bonds. The predicted octanol–water partition coefficient (Wildman–Crippen LogP) is 2.19. The van der Waals surface area contributed by atoms with Crippen molar-refractivity contribution in [1.82, 2.24) is 9.62 Å². The van der Waals surface area contributed by atoms with Gasteiger partial charge in [0, 0.05) is 35.9 Å². The molecule has 1 heterocycles. The smallest absolute Gasteiger partial charge is 0.243 e. The molecule has 4 nitrogen and oxygen atoms in total. The highest BCUT2D eigenvalue weighted by Crippen LogP contribution is 2.27. The van der Waals surface area contributed by atoms with Crippen molar-refractivity contribution in [2.24, 2.45) is 0 Å². The minimum absolute atomic E-state index is 0.394. The summed E-state index contributed by atoms with van der Waals surface area (Å²) in [7, 11) is -1.71. The van der Waals surface area contributed by atoms with Crippen molar-refractivity contribution >= 4 is 21.4 Å². The van der Waals surface area contributed by atoms with Crippen LogP contribution in [0.25, 0.3) is 0 Å². The van der Waals surface area contributed by atoms with E-state index in [9.17, 15) is 8.42 Å². The maximum absolute atomic E-state index is 12.2. The molecule has 1 aromatic heterocycles. The first-order chi connectivity index (χ1) is 8.28. The van der Waals surface area contributed by atoms with Crippen molar-refractivity contribution < 1.29 is 8.42 Å². The summed E-state index contributed by atoms with van der Waals surface area (Å²) in [6.45, 7) is 9.04. The van der Waals surface area contributed by atoms with Gasteiger partial charge in [-0.15, -0.1) is 11.3 Å². The summed E-state index contributed by atoms with van der Waals surface area (Å²) in [4.78, 5) is 2.36. The Kier molecular flexibility index (Phi) is 5.33. The monoisotopic (exact) mass is 290 g/mol. The van der Waals surface area contributed by atoms with Gasteiger partial charge >= 0.3 is 0 Å². The number of aryl methyl sites for hydroxylation is 1. The Hall–Kier alpha value is -0.430. The molecule has 0 unspecified atom stereocenters. The molecule has 1 rings (SSSR count). The van der Waals surface area contributed by atoms with Crippen LogP contribution in [0.2, 0.25) is 0 Å². The third kappa shape index (κ3) is 3.54. The van der Waals surface area contributed by atoms with Crippen molar-refractivity contribution in [3.05, 3.63) is 15.8 Å². The van der Waals surface area contributed by atoms with Gasteiger partial charge in [0.2, 0.25) is 10.0 Å². The van der Waals surface area contributed by atoms with Crippen molar-refractivity contribution in [2.45, 2.75) is 45.2 Å². The molecule has 0 aromatic carbocycles. The van der Waals surface area contributed by atoms with Crippen LogP contribution in [0.3, 0.4) is 0 Å². The molecule has 0 aliphatic heterocycles. The number of hydrogen-bond donors (Lipinski definition) is 1. The lowest BCUT2D eigenvalue weighted by Gasteiger charge is -2.14. The summed E-state index contributed by atoms with van der Waals surface area (Å²) in [5.74, 6) is 0. The van der Waals surface area contributed by atoms with Crippen molar-refractivity contribution in [3.8, 4) is 0 Å². The summed E-state index contributed by atoms with van der Waals surface area (Å²) >= 11 is 1.54. The van der Waals surface area contributed by atoms with Crippen LogP contribution in [-0.2, 0) is 16.6 Å². The Balaban J connectivity index is 2.98. The summed E-state index contributed by atoms with van der Waals surface area (Å²) < 4.78 is 25.9. The zero-order valence-corrected chi connectivity index (χ0v) is 13.3. The van der Waals surface area contributed by atoms with Crippen LogP contribution >= 0.6 is 11.3 Å². The van der Waals surface area contributed by atoms with E-state index in [1.165, 1.54) is 4.31 Å². The van der Waals surface area contributed by atoms with Gasteiger partial charge in [-0.05, 0) is 13.0 Å². The molecule has 0 saturated carbocycles. The normalized spacial score (nSPS) is 12.6. The van der Waals surface area contributed by atoms with Gasteiger partial charge in [0.15, 0.2) is 0 Å². The number of thiophene rings is 1. The molecule has 104 valence electrons. The van der Waals surface area contributed by atoms with E-state index in [1.54, 1.807) is 24.5 Å². The highest BCUT2D eigenvalue weighted by Gasteiger charge is 2.23. The quantitative estimate of drug-likeness (QED) is 0.874. The van der Waals surface area contributed by atoms with Crippen molar-refractivity contribution in [1.29, 1.82) is 0 Å². The average Bonchev–Trinajstić information content (AvgIpc) is 2.67. The van der Waals surface area contributed by atoms with E-state index >= 15 is 0 Å². The fourth-order valence-electron chi connectivity index (χ4n) is 1.51. The highest BCUT2D eigenvalue weighted by atomic mass is 32.2. The third-order valence-corrected chi connectivity index (χ3v) is 5.98. The second-order valence-electron chi connectivity index (χ2n) is 4.59. The topological polar surface area (TPSA) is 49.4 Å². The summed E-state index contributed by atoms with van der Waals surface area (Å²) in [5.41, 5.74) is 0. The van der Waals surface area contributed by atoms with Crippen LogP contribution in [0, 0.1) is 6.92 Å². The van der Waals surface area contributed by atoms with Crippen LogP contribution in [0.5, 0.6) is 0 Å². The lowest BCUT2D eigenvalue weighted by Crippen LogP contribution is -2.26. The molecule has 0 aliphatic rings. The molecule has 0 aliphatic carbocycles. The lowest BCUT2D eigenvalue weighted by molar-refractivity contribution is 0.486. The molecule has 18 heavy (non-hydrogen) atoms. The van der Waals surface area contributed by atoms with Gasteiger partial charge in [0.25, 0.3) is 0 Å². The van der Waals surface area contributed by atoms with Gasteiger partial charge in [-0.1, -0.05) is 20.8 Å². The van der Waals surface area contributed by atoms with E-state index < -0.39 is 10.0 Å². The fraction of sp³-hybridized carbons (Fsp3) is 0.667. The Bertz CT molecular complexity index is 492. The van der Waals surface area contributed by atoms with E-state index in [2.05, 4.69) is 19.2 Å². The summed E-state index contributed by atoms with van der Waals surface area (Å²) in [6, 6.07) is 2.18. The molecule has 1 aromatic rings. The molecule has 0 bridgehead atoms. The molecular weight excluding hydrogens is 268 g/mol. The maximum Gasteiger partial charge on any atom is 0.243 e. The van der Waals surface area contributed by atoms with Crippen LogP contribution in [0.4, 0.5) is 0 Å². The van der Waals surface area contributed by atoms with Crippen molar-refractivity contribution in [3.63, 3.8) is 0 Å². The van der Waals surface area contributed by atoms with Gasteiger partial charge in [-0.3, -0.25) is 0 Å². The largest absolute Gasteiger partial charge is 0.310 e. The van der Waals surface area contributed by atoms with Crippen LogP contribution in [-0.4, -0.2) is 32.4 Å². The van der Waals surface area contributed by atoms with E-state index in [0.29, 0.717) is 24.0 Å². The van der Waals surface area contributed by atoms with Gasteiger partial charge in [-0.25, -0.2) is 12.7 Å². The molecule has 0 saturated heterocycles. The third-order valence-electron chi connectivity index (χ3n) is 2.74. The van der Waals surface area contributed by atoms with Gasteiger partial charge in [0.05, 0.1) is 4.90 Å². The molecule has 0 fully saturated rings. The van der Waals surface area contributed by atoms with Gasteiger partial charge < -0.3 is 5.32 Å². The average molecular weight is 290 g/mol. The number of nitrogens with zero attached hydrogens (tertiary/aromatic N) is 1. The zero-order valence-electron chi connectivity index (χ0n) is 11.6.